The number of nitrogens with one attached hydrogen (secondary N) is 4. The second kappa shape index (κ2) is 12.1. The third kappa shape index (κ3) is 7.25. The smallest absolute Gasteiger partial charge is 0.330 e. The third-order valence-electron chi connectivity index (χ3n) is 5.49. The van der Waals surface area contributed by atoms with Gasteiger partial charge in [0.2, 0.25) is 11.8 Å². The molecule has 0 saturated carbocycles. The van der Waals surface area contributed by atoms with Crippen LogP contribution in [0.25, 0.3) is 6.08 Å². The number of nitrogens with two attached hydrogens (primary N) is 1. The minimum Gasteiger partial charge on any atom is -0.481 e. The van der Waals surface area contributed by atoms with Crippen LogP contribution in [0.4, 0.5) is 4.79 Å². The van der Waals surface area contributed by atoms with Crippen molar-refractivity contribution >= 4 is 47.6 Å². The Hall–Kier alpha value is -5.53. The molecule has 0 radical (unpaired) electrons. The first-order valence-electron chi connectivity index (χ1n) is 11.3. The van der Waals surface area contributed by atoms with Crippen LogP contribution < -0.4 is 21.7 Å². The van der Waals surface area contributed by atoms with Crippen LogP contribution in [0, 0.1) is 5.41 Å². The molecule has 1 saturated heterocycles. The van der Waals surface area contributed by atoms with Gasteiger partial charge in [0.15, 0.2) is 6.04 Å². The Morgan fingerprint density at radius 3 is 2.21 bits per heavy atom. The summed E-state index contributed by atoms with van der Waals surface area (Å²) in [6.07, 6.45) is 0.457. The summed E-state index contributed by atoms with van der Waals surface area (Å²) in [6.45, 7) is -0.838. The predicted molar refractivity (Wildman–Crippen MR) is 135 cm³/mol. The molecule has 14 nitrogen and oxygen atoms in total. The molecule has 39 heavy (non-hydrogen) atoms. The zero-order valence-electron chi connectivity index (χ0n) is 20.2. The number of hydrogen-bond donors (Lipinski definition) is 7. The second-order valence-electron chi connectivity index (χ2n) is 8.32. The van der Waals surface area contributed by atoms with Gasteiger partial charge in [-0.25, -0.2) is 14.5 Å². The molecular formula is C25H24N6O8. The van der Waals surface area contributed by atoms with Crippen molar-refractivity contribution in [3.8, 4) is 0 Å². The van der Waals surface area contributed by atoms with Gasteiger partial charge in [-0.15, -0.1) is 0 Å². The molecular weight excluding hydrogens is 512 g/mol. The molecule has 0 bridgehead atoms. The number of carbonyl (C=O) groups is 6. The molecule has 0 aliphatic carbocycles. The highest BCUT2D eigenvalue weighted by Crippen LogP contribution is 2.16. The van der Waals surface area contributed by atoms with E-state index in [1.807, 2.05) is 0 Å². The van der Waals surface area contributed by atoms with Crippen LogP contribution in [0.2, 0.25) is 0 Å². The number of carboxylic acids is 2. The summed E-state index contributed by atoms with van der Waals surface area (Å²) in [7, 11) is 0. The molecule has 2 atom stereocenters. The number of imide groups is 1. The van der Waals surface area contributed by atoms with E-state index in [-0.39, 0.29) is 17.1 Å². The van der Waals surface area contributed by atoms with E-state index in [1.54, 1.807) is 42.5 Å². The van der Waals surface area contributed by atoms with Crippen molar-refractivity contribution in [2.45, 2.75) is 18.5 Å². The summed E-state index contributed by atoms with van der Waals surface area (Å²) < 4.78 is 0. The van der Waals surface area contributed by atoms with Crippen molar-refractivity contribution in [3.05, 3.63) is 77.0 Å². The predicted octanol–water partition coefficient (Wildman–Crippen LogP) is -0.235. The maximum Gasteiger partial charge on any atom is 0.330 e. The topological polar surface area (TPSA) is 232 Å². The fourth-order valence-electron chi connectivity index (χ4n) is 3.58. The van der Waals surface area contributed by atoms with Crippen LogP contribution in [-0.2, 0) is 24.0 Å². The van der Waals surface area contributed by atoms with E-state index in [9.17, 15) is 39.0 Å². The van der Waals surface area contributed by atoms with E-state index in [0.717, 1.165) is 0 Å². The summed E-state index contributed by atoms with van der Waals surface area (Å²) in [5.74, 6) is -5.99. The maximum absolute atomic E-state index is 12.7. The molecule has 202 valence electrons. The summed E-state index contributed by atoms with van der Waals surface area (Å²) in [4.78, 5) is 74.0. The highest BCUT2D eigenvalue weighted by atomic mass is 16.4. The average Bonchev–Trinajstić information content (AvgIpc) is 3.14. The number of carboxylic acid groups (broad SMARTS) is 2. The van der Waals surface area contributed by atoms with Gasteiger partial charge < -0.3 is 31.9 Å². The number of aliphatic carboxylic acids is 2. The number of carbonyl (C=O) groups excluding carboxylic acids is 4. The maximum atomic E-state index is 12.7. The van der Waals surface area contributed by atoms with Crippen molar-refractivity contribution in [3.63, 3.8) is 0 Å². The Labute approximate surface area is 221 Å². The van der Waals surface area contributed by atoms with Gasteiger partial charge in [-0.3, -0.25) is 24.6 Å². The fourth-order valence-corrected chi connectivity index (χ4v) is 3.58. The van der Waals surface area contributed by atoms with Crippen LogP contribution in [0.15, 0.2) is 60.3 Å². The fraction of sp³-hybridized carbons (Fsp3) is 0.160. The van der Waals surface area contributed by atoms with Crippen LogP contribution in [0.5, 0.6) is 0 Å². The number of amidine groups is 1. The lowest BCUT2D eigenvalue weighted by molar-refractivity contribution is -0.143. The van der Waals surface area contributed by atoms with Gasteiger partial charge >= 0.3 is 18.0 Å². The second-order valence-corrected chi connectivity index (χ2v) is 8.32. The standard InChI is InChI=1S/C25H24N6O8/c26-21(27)15-8-6-13(7-9-15)10-17-23(36)31(25(39)29-17)12-18(32)28-16(11-19(33)34)22(35)30-20(24(37)38)14-4-2-1-3-5-14/h1-10,16,20H,11-12H2,(H3,26,27)(H,28,32)(H,29,39)(H,30,35)(H,33,34)(H,37,38)/b17-10+/t16-,20-/m0/s1. The first kappa shape index (κ1) is 28.0. The van der Waals surface area contributed by atoms with Gasteiger partial charge in [-0.1, -0.05) is 54.6 Å². The van der Waals surface area contributed by atoms with E-state index in [0.29, 0.717) is 16.0 Å². The SMILES string of the molecule is N=C(N)c1ccc(/C=C2/NC(=O)N(CC(=O)N[C@@H](CC(=O)O)C(=O)N[C@H](C(=O)O)c3ccccc3)C2=O)cc1. The van der Waals surface area contributed by atoms with Crippen molar-refractivity contribution < 1.29 is 39.0 Å². The lowest BCUT2D eigenvalue weighted by Crippen LogP contribution is -2.52. The van der Waals surface area contributed by atoms with Gasteiger partial charge in [-0.2, -0.15) is 0 Å². The lowest BCUT2D eigenvalue weighted by atomic mass is 10.1. The highest BCUT2D eigenvalue weighted by Gasteiger charge is 2.36. The highest BCUT2D eigenvalue weighted by molar-refractivity contribution is 6.15. The van der Waals surface area contributed by atoms with Gasteiger partial charge in [-0.05, 0) is 17.2 Å². The number of benzene rings is 2. The van der Waals surface area contributed by atoms with Crippen LogP contribution in [-0.4, -0.2) is 69.2 Å². The molecule has 3 rings (SSSR count). The van der Waals surface area contributed by atoms with Gasteiger partial charge in [0.05, 0.1) is 6.42 Å². The lowest BCUT2D eigenvalue weighted by Gasteiger charge is -2.21. The molecule has 14 heteroatoms. The quantitative estimate of drug-likeness (QED) is 0.0868. The molecule has 0 unspecified atom stereocenters. The summed E-state index contributed by atoms with van der Waals surface area (Å²) in [5, 5.41) is 32.8. The third-order valence-corrected chi connectivity index (χ3v) is 5.49. The van der Waals surface area contributed by atoms with E-state index in [4.69, 9.17) is 11.1 Å². The molecule has 1 aliphatic rings. The largest absolute Gasteiger partial charge is 0.481 e. The zero-order chi connectivity index (χ0) is 28.7. The summed E-state index contributed by atoms with van der Waals surface area (Å²) >= 11 is 0. The zero-order valence-corrected chi connectivity index (χ0v) is 20.2. The van der Waals surface area contributed by atoms with Crippen molar-refractivity contribution in [2.24, 2.45) is 5.73 Å². The van der Waals surface area contributed by atoms with E-state index in [1.165, 1.54) is 18.2 Å². The van der Waals surface area contributed by atoms with Crippen molar-refractivity contribution in [1.82, 2.24) is 20.9 Å². The number of amides is 5. The molecule has 1 fully saturated rings. The van der Waals surface area contributed by atoms with Crippen molar-refractivity contribution in [1.29, 1.82) is 5.41 Å². The molecule has 0 aromatic heterocycles. The molecule has 1 heterocycles. The Morgan fingerprint density at radius 1 is 1.00 bits per heavy atom. The Bertz CT molecular complexity index is 1360. The first-order chi connectivity index (χ1) is 18.5. The molecule has 8 N–H and O–H groups in total. The minimum absolute atomic E-state index is 0.143. The summed E-state index contributed by atoms with van der Waals surface area (Å²) in [5.41, 5.74) is 6.43. The number of rotatable bonds is 11. The molecule has 1 aliphatic heterocycles. The first-order valence-corrected chi connectivity index (χ1v) is 11.3. The number of nitrogen functional groups attached to an aromatic ring is 1. The van der Waals surface area contributed by atoms with Crippen LogP contribution >= 0.6 is 0 Å². The van der Waals surface area contributed by atoms with E-state index in [2.05, 4.69) is 16.0 Å². The van der Waals surface area contributed by atoms with Crippen molar-refractivity contribution in [2.75, 3.05) is 6.54 Å². The minimum atomic E-state index is -1.70. The van der Waals surface area contributed by atoms with Gasteiger partial charge in [0, 0.05) is 5.56 Å². The number of hydrogen-bond acceptors (Lipinski definition) is 7. The number of nitrogens with zero attached hydrogens (tertiary/aromatic N) is 1. The Kier molecular flexibility index (Phi) is 8.73. The molecule has 0 spiro atoms. The monoisotopic (exact) mass is 536 g/mol. The molecule has 2 aromatic rings. The summed E-state index contributed by atoms with van der Waals surface area (Å²) in [6, 6.07) is 9.71. The Balaban J connectivity index is 1.69. The van der Waals surface area contributed by atoms with Crippen LogP contribution in [0.1, 0.15) is 29.2 Å². The molecule has 2 aromatic carbocycles. The van der Waals surface area contributed by atoms with E-state index >= 15 is 0 Å². The van der Waals surface area contributed by atoms with Gasteiger partial charge in [0.1, 0.15) is 24.1 Å². The van der Waals surface area contributed by atoms with Crippen LogP contribution in [0.3, 0.4) is 0 Å². The van der Waals surface area contributed by atoms with E-state index < -0.39 is 60.7 Å². The van der Waals surface area contributed by atoms with Gasteiger partial charge in [0.25, 0.3) is 5.91 Å². The Morgan fingerprint density at radius 2 is 1.64 bits per heavy atom. The average molecular weight is 537 g/mol. The number of urea groups is 1. The normalized spacial score (nSPS) is 15.3. The molecule has 5 amide bonds.